The first kappa shape index (κ1) is 13.2. The van der Waals surface area contributed by atoms with E-state index < -0.39 is 6.10 Å². The van der Waals surface area contributed by atoms with E-state index in [1.807, 2.05) is 12.1 Å². The van der Waals surface area contributed by atoms with Crippen LogP contribution in [-0.2, 0) is 12.8 Å². The van der Waals surface area contributed by atoms with Crippen LogP contribution in [0.15, 0.2) is 47.2 Å². The molecule has 0 saturated carbocycles. The monoisotopic (exact) mass is 309 g/mol. The fraction of sp³-hybridized carbons (Fsp3) is 0.214. The third kappa shape index (κ3) is 3.62. The molecule has 2 nitrogen and oxygen atoms in total. The maximum absolute atomic E-state index is 13.1. The van der Waals surface area contributed by atoms with Crippen molar-refractivity contribution in [3.8, 4) is 0 Å². The van der Waals surface area contributed by atoms with Crippen LogP contribution < -0.4 is 0 Å². The van der Waals surface area contributed by atoms with Crippen molar-refractivity contribution in [1.29, 1.82) is 0 Å². The van der Waals surface area contributed by atoms with Crippen LogP contribution >= 0.6 is 15.9 Å². The largest absolute Gasteiger partial charge is 0.392 e. The molecule has 0 aliphatic carbocycles. The van der Waals surface area contributed by atoms with Gasteiger partial charge in [-0.3, -0.25) is 4.98 Å². The topological polar surface area (TPSA) is 33.1 Å². The number of pyridine rings is 1. The molecule has 0 aliphatic rings. The molecule has 0 radical (unpaired) electrons. The van der Waals surface area contributed by atoms with Crippen molar-refractivity contribution in [3.63, 3.8) is 0 Å². The molecule has 0 aliphatic heterocycles. The highest BCUT2D eigenvalue weighted by atomic mass is 79.9. The molecule has 1 N–H and O–H groups in total. The van der Waals surface area contributed by atoms with Crippen molar-refractivity contribution in [1.82, 2.24) is 4.98 Å². The maximum Gasteiger partial charge on any atom is 0.137 e. The summed E-state index contributed by atoms with van der Waals surface area (Å²) in [5, 5.41) is 9.99. The van der Waals surface area contributed by atoms with Gasteiger partial charge in [-0.1, -0.05) is 6.07 Å². The number of hydrogen-bond donors (Lipinski definition) is 1. The van der Waals surface area contributed by atoms with Crippen LogP contribution in [-0.4, -0.2) is 16.2 Å². The zero-order valence-electron chi connectivity index (χ0n) is 9.68. The number of aromatic nitrogens is 1. The number of hydrogen-bond acceptors (Lipinski definition) is 2. The average molecular weight is 310 g/mol. The Labute approximate surface area is 114 Å². The fourth-order valence-corrected chi connectivity index (χ4v) is 2.23. The van der Waals surface area contributed by atoms with E-state index in [0.29, 0.717) is 17.3 Å². The predicted molar refractivity (Wildman–Crippen MR) is 71.8 cm³/mol. The van der Waals surface area contributed by atoms with Crippen molar-refractivity contribution in [2.75, 3.05) is 0 Å². The SMILES string of the molecule is OC(Cc1ccncc1)Cc1ccc(F)c(Br)c1. The second-order valence-electron chi connectivity index (χ2n) is 4.17. The van der Waals surface area contributed by atoms with E-state index in [9.17, 15) is 9.50 Å². The Morgan fingerprint density at radius 3 is 2.44 bits per heavy atom. The van der Waals surface area contributed by atoms with Crippen molar-refractivity contribution in [2.45, 2.75) is 18.9 Å². The summed E-state index contributed by atoms with van der Waals surface area (Å²) in [6, 6.07) is 8.55. The summed E-state index contributed by atoms with van der Waals surface area (Å²) in [6.07, 6.45) is 4.00. The lowest BCUT2D eigenvalue weighted by Crippen LogP contribution is -2.14. The summed E-state index contributed by atoms with van der Waals surface area (Å²) >= 11 is 3.14. The molecule has 1 atom stereocenters. The summed E-state index contributed by atoms with van der Waals surface area (Å²) in [5.74, 6) is -0.289. The van der Waals surface area contributed by atoms with Gasteiger partial charge in [-0.05, 0) is 64.2 Å². The molecule has 2 rings (SSSR count). The Kier molecular flexibility index (Phi) is 4.44. The molecule has 4 heteroatoms. The Hall–Kier alpha value is -1.26. The van der Waals surface area contributed by atoms with E-state index in [1.165, 1.54) is 6.07 Å². The number of halogens is 2. The summed E-state index contributed by atoms with van der Waals surface area (Å²) in [5.41, 5.74) is 1.95. The molecule has 0 saturated heterocycles. The normalized spacial score (nSPS) is 12.4. The molecular formula is C14H13BrFNO. The lowest BCUT2D eigenvalue weighted by molar-refractivity contribution is 0.175. The number of benzene rings is 1. The van der Waals surface area contributed by atoms with Gasteiger partial charge >= 0.3 is 0 Å². The van der Waals surface area contributed by atoms with E-state index >= 15 is 0 Å². The molecule has 94 valence electrons. The third-order valence-electron chi connectivity index (χ3n) is 2.68. The molecule has 2 aromatic rings. The first-order chi connectivity index (χ1) is 8.65. The summed E-state index contributed by atoms with van der Waals surface area (Å²) in [7, 11) is 0. The minimum absolute atomic E-state index is 0.289. The van der Waals surface area contributed by atoms with Gasteiger partial charge in [-0.25, -0.2) is 4.39 Å². The molecular weight excluding hydrogens is 297 g/mol. The number of aliphatic hydroxyl groups excluding tert-OH is 1. The Balaban J connectivity index is 1.99. The van der Waals surface area contributed by atoms with Crippen molar-refractivity contribution < 1.29 is 9.50 Å². The molecule has 1 unspecified atom stereocenters. The van der Waals surface area contributed by atoms with Gasteiger partial charge < -0.3 is 5.11 Å². The van der Waals surface area contributed by atoms with E-state index in [4.69, 9.17) is 0 Å². The van der Waals surface area contributed by atoms with Crippen LogP contribution in [0.4, 0.5) is 4.39 Å². The summed E-state index contributed by atoms with van der Waals surface area (Å²) < 4.78 is 13.5. The van der Waals surface area contributed by atoms with E-state index in [-0.39, 0.29) is 5.82 Å². The number of rotatable bonds is 4. The average Bonchev–Trinajstić information content (AvgIpc) is 2.35. The van der Waals surface area contributed by atoms with Crippen LogP contribution in [0.1, 0.15) is 11.1 Å². The van der Waals surface area contributed by atoms with Crippen LogP contribution in [0.25, 0.3) is 0 Å². The van der Waals surface area contributed by atoms with E-state index in [0.717, 1.165) is 11.1 Å². The van der Waals surface area contributed by atoms with Crippen LogP contribution in [0, 0.1) is 5.82 Å². The second-order valence-corrected chi connectivity index (χ2v) is 5.02. The minimum atomic E-state index is -0.482. The zero-order valence-corrected chi connectivity index (χ0v) is 11.3. The van der Waals surface area contributed by atoms with Crippen molar-refractivity contribution >= 4 is 15.9 Å². The maximum atomic E-state index is 13.1. The van der Waals surface area contributed by atoms with Crippen molar-refractivity contribution in [3.05, 3.63) is 64.1 Å². The lowest BCUT2D eigenvalue weighted by Gasteiger charge is -2.11. The standard InChI is InChI=1S/C14H13BrFNO/c15-13-9-11(1-2-14(13)16)8-12(18)7-10-3-5-17-6-4-10/h1-6,9,12,18H,7-8H2. The Morgan fingerprint density at radius 2 is 1.78 bits per heavy atom. The quantitative estimate of drug-likeness (QED) is 0.941. The van der Waals surface area contributed by atoms with Gasteiger partial charge in [0.1, 0.15) is 5.82 Å². The number of aliphatic hydroxyl groups is 1. The van der Waals surface area contributed by atoms with Gasteiger partial charge in [0.05, 0.1) is 10.6 Å². The predicted octanol–water partition coefficient (Wildman–Crippen LogP) is 3.13. The van der Waals surface area contributed by atoms with Gasteiger partial charge in [0.2, 0.25) is 0 Å². The first-order valence-electron chi connectivity index (χ1n) is 5.66. The third-order valence-corrected chi connectivity index (χ3v) is 3.28. The molecule has 0 spiro atoms. The Morgan fingerprint density at radius 1 is 1.11 bits per heavy atom. The van der Waals surface area contributed by atoms with Crippen molar-refractivity contribution in [2.24, 2.45) is 0 Å². The highest BCUT2D eigenvalue weighted by Crippen LogP contribution is 2.18. The molecule has 0 fully saturated rings. The van der Waals surface area contributed by atoms with Gasteiger partial charge in [0, 0.05) is 12.4 Å². The lowest BCUT2D eigenvalue weighted by atomic mass is 10.0. The molecule has 1 heterocycles. The summed E-state index contributed by atoms with van der Waals surface area (Å²) in [4.78, 5) is 3.93. The van der Waals surface area contributed by atoms with E-state index in [1.54, 1.807) is 24.5 Å². The first-order valence-corrected chi connectivity index (χ1v) is 6.45. The molecule has 0 amide bonds. The highest BCUT2D eigenvalue weighted by molar-refractivity contribution is 9.10. The molecule has 1 aromatic carbocycles. The summed E-state index contributed by atoms with van der Waals surface area (Å²) in [6.45, 7) is 0. The Bertz CT molecular complexity index is 518. The zero-order chi connectivity index (χ0) is 13.0. The van der Waals surface area contributed by atoms with Gasteiger partial charge in [0.15, 0.2) is 0 Å². The van der Waals surface area contributed by atoms with E-state index in [2.05, 4.69) is 20.9 Å². The molecule has 18 heavy (non-hydrogen) atoms. The second kappa shape index (κ2) is 6.07. The van der Waals surface area contributed by atoms with Gasteiger partial charge in [-0.2, -0.15) is 0 Å². The highest BCUT2D eigenvalue weighted by Gasteiger charge is 2.08. The van der Waals surface area contributed by atoms with Gasteiger partial charge in [0.25, 0.3) is 0 Å². The van der Waals surface area contributed by atoms with Crippen LogP contribution in [0.2, 0.25) is 0 Å². The van der Waals surface area contributed by atoms with Gasteiger partial charge in [-0.15, -0.1) is 0 Å². The number of nitrogens with zero attached hydrogens (tertiary/aromatic N) is 1. The molecule has 0 bridgehead atoms. The smallest absolute Gasteiger partial charge is 0.137 e. The minimum Gasteiger partial charge on any atom is -0.392 e. The van der Waals surface area contributed by atoms with Crippen LogP contribution in [0.3, 0.4) is 0 Å². The fourth-order valence-electron chi connectivity index (χ4n) is 1.80. The van der Waals surface area contributed by atoms with Crippen LogP contribution in [0.5, 0.6) is 0 Å². The molecule has 1 aromatic heterocycles.